The molecule has 5 rings (SSSR count). The highest BCUT2D eigenvalue weighted by Crippen LogP contribution is 2.48. The molecule has 28 heavy (non-hydrogen) atoms. The molecular formula is C22H20O6. The molecule has 0 bridgehead atoms. The minimum atomic E-state index is -0.514. The van der Waals surface area contributed by atoms with Gasteiger partial charge >= 0.3 is 0 Å². The van der Waals surface area contributed by atoms with Crippen LogP contribution in [0.2, 0.25) is 0 Å². The predicted molar refractivity (Wildman–Crippen MR) is 102 cm³/mol. The van der Waals surface area contributed by atoms with E-state index in [0.717, 1.165) is 11.1 Å². The van der Waals surface area contributed by atoms with Crippen LogP contribution in [0.1, 0.15) is 47.4 Å². The van der Waals surface area contributed by atoms with E-state index in [9.17, 15) is 9.90 Å². The first-order valence-electron chi connectivity index (χ1n) is 9.29. The van der Waals surface area contributed by atoms with Gasteiger partial charge < -0.3 is 23.7 Å². The zero-order valence-electron chi connectivity index (χ0n) is 15.8. The minimum Gasteiger partial charge on any atom is -0.504 e. The van der Waals surface area contributed by atoms with Crippen molar-refractivity contribution in [3.05, 3.63) is 47.2 Å². The molecule has 0 aliphatic carbocycles. The van der Waals surface area contributed by atoms with Crippen molar-refractivity contribution in [1.29, 1.82) is 0 Å². The summed E-state index contributed by atoms with van der Waals surface area (Å²) in [4.78, 5) is 13.4. The van der Waals surface area contributed by atoms with E-state index >= 15 is 0 Å². The number of ketones is 1. The fourth-order valence-electron chi connectivity index (χ4n) is 4.01. The van der Waals surface area contributed by atoms with E-state index in [1.165, 1.54) is 13.2 Å². The maximum absolute atomic E-state index is 13.4. The molecule has 6 nitrogen and oxygen atoms in total. The second-order valence-corrected chi connectivity index (χ2v) is 7.53. The summed E-state index contributed by atoms with van der Waals surface area (Å²) in [6.07, 6.45) is -0.454. The molecule has 0 saturated heterocycles. The Bertz CT molecular complexity index is 1110. The number of ether oxygens (including phenoxy) is 3. The molecule has 0 saturated carbocycles. The van der Waals surface area contributed by atoms with E-state index < -0.39 is 12.0 Å². The molecule has 2 aromatic carbocycles. The molecule has 2 aliphatic rings. The Balaban J connectivity index is 1.65. The summed E-state index contributed by atoms with van der Waals surface area (Å²) in [6.45, 7) is 4.34. The number of carbonyl (C=O) groups excluding carboxylic acids is 1. The topological polar surface area (TPSA) is 78.1 Å². The predicted octanol–water partition coefficient (Wildman–Crippen LogP) is 4.39. The van der Waals surface area contributed by atoms with Gasteiger partial charge in [-0.15, -0.1) is 0 Å². The van der Waals surface area contributed by atoms with E-state index in [2.05, 4.69) is 13.8 Å². The van der Waals surface area contributed by atoms with E-state index in [1.54, 1.807) is 12.1 Å². The van der Waals surface area contributed by atoms with Gasteiger partial charge in [-0.05, 0) is 24.3 Å². The fraction of sp³-hybridized carbons (Fsp3) is 0.318. The summed E-state index contributed by atoms with van der Waals surface area (Å²) in [5.74, 6) is 1.85. The second kappa shape index (κ2) is 5.92. The highest BCUT2D eigenvalue weighted by Gasteiger charge is 2.44. The van der Waals surface area contributed by atoms with Gasteiger partial charge in [0.2, 0.25) is 0 Å². The minimum absolute atomic E-state index is 0.0226. The third kappa shape index (κ3) is 2.30. The van der Waals surface area contributed by atoms with Gasteiger partial charge in [-0.2, -0.15) is 0 Å². The van der Waals surface area contributed by atoms with Crippen LogP contribution in [0.15, 0.2) is 34.7 Å². The lowest BCUT2D eigenvalue weighted by atomic mass is 9.81. The van der Waals surface area contributed by atoms with Crippen LogP contribution in [0.4, 0.5) is 0 Å². The monoisotopic (exact) mass is 380 g/mol. The van der Waals surface area contributed by atoms with Gasteiger partial charge in [0.1, 0.15) is 35.6 Å². The first-order valence-corrected chi connectivity index (χ1v) is 9.29. The van der Waals surface area contributed by atoms with Crippen molar-refractivity contribution in [2.75, 3.05) is 13.7 Å². The number of phenolic OH excluding ortho intramolecular Hbond substituents is 1. The van der Waals surface area contributed by atoms with Gasteiger partial charge in [0.15, 0.2) is 17.3 Å². The maximum Gasteiger partial charge on any atom is 0.178 e. The van der Waals surface area contributed by atoms with Gasteiger partial charge in [-0.1, -0.05) is 13.8 Å². The normalized spacial score (nSPS) is 20.2. The van der Waals surface area contributed by atoms with E-state index in [0.29, 0.717) is 34.0 Å². The summed E-state index contributed by atoms with van der Waals surface area (Å²) < 4.78 is 23.1. The molecule has 6 heteroatoms. The lowest BCUT2D eigenvalue weighted by Crippen LogP contribution is -2.43. The highest BCUT2D eigenvalue weighted by atomic mass is 16.5. The number of rotatable bonds is 2. The number of phenols is 1. The summed E-state index contributed by atoms with van der Waals surface area (Å²) in [6, 6.07) is 8.67. The molecular weight excluding hydrogens is 360 g/mol. The third-order valence-electron chi connectivity index (χ3n) is 5.48. The molecule has 1 aromatic heterocycles. The van der Waals surface area contributed by atoms with Gasteiger partial charge in [-0.25, -0.2) is 0 Å². The number of benzene rings is 2. The van der Waals surface area contributed by atoms with Gasteiger partial charge in [0.25, 0.3) is 0 Å². The molecule has 0 unspecified atom stereocenters. The van der Waals surface area contributed by atoms with Crippen molar-refractivity contribution in [2.45, 2.75) is 31.8 Å². The van der Waals surface area contributed by atoms with Gasteiger partial charge in [0.05, 0.1) is 24.0 Å². The van der Waals surface area contributed by atoms with Crippen LogP contribution >= 0.6 is 0 Å². The van der Waals surface area contributed by atoms with Crippen LogP contribution in [-0.2, 0) is 0 Å². The van der Waals surface area contributed by atoms with E-state index in [1.807, 2.05) is 12.1 Å². The van der Waals surface area contributed by atoms with Gasteiger partial charge in [0, 0.05) is 17.5 Å². The summed E-state index contributed by atoms with van der Waals surface area (Å²) in [7, 11) is 1.47. The standard InChI is InChI=1S/C22H20O6/c1-10(2)16-7-13-15(27-16)5-4-11-21(24)20-12-6-18(25-3)14(23)8-17(12)26-9-19(20)28-22(11)13/h4-8,10,19-20,23H,9H2,1-3H3/t19-,20+/m1/s1. The fourth-order valence-corrected chi connectivity index (χ4v) is 4.01. The lowest BCUT2D eigenvalue weighted by Gasteiger charge is -2.37. The number of furan rings is 1. The number of fused-ring (bicyclic) bond motifs is 6. The smallest absolute Gasteiger partial charge is 0.178 e. The largest absolute Gasteiger partial charge is 0.504 e. The molecule has 0 spiro atoms. The van der Waals surface area contributed by atoms with Crippen molar-refractivity contribution in [2.24, 2.45) is 0 Å². The van der Waals surface area contributed by atoms with Crippen molar-refractivity contribution < 1.29 is 28.5 Å². The Kier molecular flexibility index (Phi) is 3.59. The Hall–Kier alpha value is -3.15. The first-order chi connectivity index (χ1) is 13.5. The maximum atomic E-state index is 13.4. The first kappa shape index (κ1) is 17.0. The molecule has 0 amide bonds. The van der Waals surface area contributed by atoms with Crippen LogP contribution in [0.25, 0.3) is 11.0 Å². The average Bonchev–Trinajstić information content (AvgIpc) is 3.12. The van der Waals surface area contributed by atoms with Crippen molar-refractivity contribution in [1.82, 2.24) is 0 Å². The SMILES string of the molecule is COc1cc2c(cc1O)OC[C@H]1Oc3c(ccc4oc(C(C)C)cc34)C(=O)[C@@H]21. The number of hydrogen-bond donors (Lipinski definition) is 1. The zero-order valence-corrected chi connectivity index (χ0v) is 15.8. The molecule has 144 valence electrons. The summed E-state index contributed by atoms with van der Waals surface area (Å²) in [5.41, 5.74) is 1.90. The number of aromatic hydroxyl groups is 1. The van der Waals surface area contributed by atoms with E-state index in [-0.39, 0.29) is 24.1 Å². The Labute approximate surface area is 161 Å². The van der Waals surface area contributed by atoms with Crippen LogP contribution in [0, 0.1) is 0 Å². The Morgan fingerprint density at radius 2 is 2.04 bits per heavy atom. The third-order valence-corrected chi connectivity index (χ3v) is 5.48. The molecule has 3 heterocycles. The van der Waals surface area contributed by atoms with Crippen molar-refractivity contribution >= 4 is 16.8 Å². The summed E-state index contributed by atoms with van der Waals surface area (Å²) >= 11 is 0. The van der Waals surface area contributed by atoms with Gasteiger partial charge in [-0.3, -0.25) is 4.79 Å². The molecule has 2 aliphatic heterocycles. The van der Waals surface area contributed by atoms with Crippen LogP contribution in [-0.4, -0.2) is 30.7 Å². The zero-order chi connectivity index (χ0) is 19.6. The van der Waals surface area contributed by atoms with Crippen molar-refractivity contribution in [3.8, 4) is 23.0 Å². The lowest BCUT2D eigenvalue weighted by molar-refractivity contribution is 0.0566. The molecule has 1 N–H and O–H groups in total. The highest BCUT2D eigenvalue weighted by molar-refractivity contribution is 6.09. The number of carbonyl (C=O) groups is 1. The molecule has 0 fully saturated rings. The van der Waals surface area contributed by atoms with E-state index in [4.69, 9.17) is 18.6 Å². The molecule has 2 atom stereocenters. The molecule has 0 radical (unpaired) electrons. The quantitative estimate of drug-likeness (QED) is 0.710. The Morgan fingerprint density at radius 3 is 2.79 bits per heavy atom. The summed E-state index contributed by atoms with van der Waals surface area (Å²) in [5, 5.41) is 10.8. The second-order valence-electron chi connectivity index (χ2n) is 7.53. The average molecular weight is 380 g/mol. The van der Waals surface area contributed by atoms with Crippen LogP contribution in [0.5, 0.6) is 23.0 Å². The number of hydrogen-bond acceptors (Lipinski definition) is 6. The number of Topliss-reactive ketones (excluding diaryl/α,β-unsaturated/α-hetero) is 1. The van der Waals surface area contributed by atoms with Crippen LogP contribution in [0.3, 0.4) is 0 Å². The van der Waals surface area contributed by atoms with Crippen molar-refractivity contribution in [3.63, 3.8) is 0 Å². The Morgan fingerprint density at radius 1 is 1.21 bits per heavy atom. The number of methoxy groups -OCH3 is 1. The van der Waals surface area contributed by atoms with Crippen LogP contribution < -0.4 is 14.2 Å². The molecule has 3 aromatic rings.